The molecule has 0 radical (unpaired) electrons. The molecular formula is C12H20N2O2. The molecule has 1 aromatic rings. The van der Waals surface area contributed by atoms with Gasteiger partial charge in [-0.15, -0.1) is 0 Å². The van der Waals surface area contributed by atoms with E-state index in [0.717, 1.165) is 18.5 Å². The van der Waals surface area contributed by atoms with Crippen molar-refractivity contribution in [3.63, 3.8) is 0 Å². The summed E-state index contributed by atoms with van der Waals surface area (Å²) in [5.74, 6) is 0.229. The second-order valence-electron chi connectivity index (χ2n) is 4.07. The highest BCUT2D eigenvalue weighted by atomic mass is 16.3. The van der Waals surface area contributed by atoms with Gasteiger partial charge in [0.1, 0.15) is 5.75 Å². The Morgan fingerprint density at radius 1 is 1.44 bits per heavy atom. The van der Waals surface area contributed by atoms with E-state index in [-0.39, 0.29) is 12.4 Å². The molecule has 1 atom stereocenters. The fourth-order valence-corrected chi connectivity index (χ4v) is 1.50. The number of hydrogen-bond acceptors (Lipinski definition) is 4. The zero-order valence-electron chi connectivity index (χ0n) is 9.90. The van der Waals surface area contributed by atoms with Crippen LogP contribution in [0.1, 0.15) is 31.2 Å². The number of hydrogen-bond donors (Lipinski definition) is 3. The minimum absolute atomic E-state index is 0.222. The van der Waals surface area contributed by atoms with Crippen molar-refractivity contribution in [2.24, 2.45) is 0 Å². The molecule has 3 N–H and O–H groups in total. The summed E-state index contributed by atoms with van der Waals surface area (Å²) in [5.41, 5.74) is 1.58. The fraction of sp³-hybridized carbons (Fsp3) is 0.583. The second kappa shape index (κ2) is 6.45. The highest BCUT2D eigenvalue weighted by molar-refractivity contribution is 5.27. The van der Waals surface area contributed by atoms with Crippen LogP contribution >= 0.6 is 0 Å². The van der Waals surface area contributed by atoms with E-state index in [4.69, 9.17) is 5.11 Å². The van der Waals surface area contributed by atoms with Crippen LogP contribution in [0.5, 0.6) is 5.75 Å². The number of aliphatic hydroxyl groups excluding tert-OH is 1. The number of aryl methyl sites for hydroxylation is 1. The molecule has 0 spiro atoms. The topological polar surface area (TPSA) is 65.4 Å². The molecule has 4 nitrogen and oxygen atoms in total. The molecule has 1 rings (SSSR count). The van der Waals surface area contributed by atoms with Crippen LogP contribution in [0.3, 0.4) is 0 Å². The molecule has 4 heteroatoms. The number of aliphatic hydroxyl groups is 1. The largest absolute Gasteiger partial charge is 0.506 e. The Morgan fingerprint density at radius 2 is 2.19 bits per heavy atom. The van der Waals surface area contributed by atoms with Crippen LogP contribution in [0.2, 0.25) is 0 Å². The summed E-state index contributed by atoms with van der Waals surface area (Å²) < 4.78 is 0. The Kier molecular flexibility index (Phi) is 5.22. The van der Waals surface area contributed by atoms with Crippen LogP contribution < -0.4 is 5.32 Å². The van der Waals surface area contributed by atoms with Crippen molar-refractivity contribution in [3.8, 4) is 5.75 Å². The van der Waals surface area contributed by atoms with E-state index < -0.39 is 0 Å². The van der Waals surface area contributed by atoms with Crippen molar-refractivity contribution in [1.29, 1.82) is 0 Å². The van der Waals surface area contributed by atoms with Crippen molar-refractivity contribution < 1.29 is 10.2 Å². The first-order valence-electron chi connectivity index (χ1n) is 5.63. The standard InChI is InChI=1S/C12H20N2O2/c1-9(4-3-7-15)13-8-11-12(16)6-5-10(2)14-11/h5-6,9,13,15-16H,3-4,7-8H2,1-2H3. The summed E-state index contributed by atoms with van der Waals surface area (Å²) in [7, 11) is 0. The van der Waals surface area contributed by atoms with E-state index in [2.05, 4.69) is 17.2 Å². The first-order chi connectivity index (χ1) is 7.63. The Bertz CT molecular complexity index is 329. The predicted molar refractivity (Wildman–Crippen MR) is 63.3 cm³/mol. The average molecular weight is 224 g/mol. The first-order valence-corrected chi connectivity index (χ1v) is 5.63. The van der Waals surface area contributed by atoms with Gasteiger partial charge in [0.2, 0.25) is 0 Å². The van der Waals surface area contributed by atoms with Crippen molar-refractivity contribution >= 4 is 0 Å². The molecule has 0 bridgehead atoms. The van der Waals surface area contributed by atoms with Gasteiger partial charge in [-0.05, 0) is 38.8 Å². The van der Waals surface area contributed by atoms with Crippen LogP contribution in [0.4, 0.5) is 0 Å². The summed E-state index contributed by atoms with van der Waals surface area (Å²) in [6, 6.07) is 3.76. The van der Waals surface area contributed by atoms with Gasteiger partial charge in [-0.3, -0.25) is 4.98 Å². The van der Waals surface area contributed by atoms with Gasteiger partial charge in [0.05, 0.1) is 5.69 Å². The number of aromatic nitrogens is 1. The Morgan fingerprint density at radius 3 is 2.88 bits per heavy atom. The molecule has 0 aliphatic rings. The van der Waals surface area contributed by atoms with Crippen molar-refractivity contribution in [2.45, 2.75) is 39.3 Å². The Balaban J connectivity index is 2.44. The molecule has 1 unspecified atom stereocenters. The maximum Gasteiger partial charge on any atom is 0.138 e. The minimum Gasteiger partial charge on any atom is -0.506 e. The molecule has 0 aromatic carbocycles. The lowest BCUT2D eigenvalue weighted by Crippen LogP contribution is -2.26. The maximum absolute atomic E-state index is 9.58. The third-order valence-corrected chi connectivity index (χ3v) is 2.50. The van der Waals surface area contributed by atoms with Crippen LogP contribution in [0.25, 0.3) is 0 Å². The lowest BCUT2D eigenvalue weighted by Gasteiger charge is -2.13. The molecule has 0 saturated heterocycles. The van der Waals surface area contributed by atoms with Gasteiger partial charge in [-0.1, -0.05) is 0 Å². The quantitative estimate of drug-likeness (QED) is 0.682. The third-order valence-electron chi connectivity index (χ3n) is 2.50. The van der Waals surface area contributed by atoms with Crippen LogP contribution in [0.15, 0.2) is 12.1 Å². The van der Waals surface area contributed by atoms with E-state index in [1.54, 1.807) is 12.1 Å². The van der Waals surface area contributed by atoms with E-state index in [9.17, 15) is 5.11 Å². The van der Waals surface area contributed by atoms with Crippen molar-refractivity contribution in [2.75, 3.05) is 6.61 Å². The van der Waals surface area contributed by atoms with Gasteiger partial charge in [0, 0.05) is 24.9 Å². The SMILES string of the molecule is Cc1ccc(O)c(CNC(C)CCCO)n1. The highest BCUT2D eigenvalue weighted by Gasteiger charge is 2.05. The Hall–Kier alpha value is -1.13. The van der Waals surface area contributed by atoms with Gasteiger partial charge in [-0.25, -0.2) is 0 Å². The summed E-state index contributed by atoms with van der Waals surface area (Å²) in [5, 5.41) is 21.6. The molecule has 1 aromatic heterocycles. The summed E-state index contributed by atoms with van der Waals surface area (Å²) in [6.45, 7) is 4.74. The number of pyridine rings is 1. The van der Waals surface area contributed by atoms with E-state index >= 15 is 0 Å². The number of rotatable bonds is 6. The molecule has 90 valence electrons. The molecule has 0 amide bonds. The van der Waals surface area contributed by atoms with Gasteiger partial charge >= 0.3 is 0 Å². The predicted octanol–water partition coefficient (Wildman–Crippen LogP) is 1.35. The van der Waals surface area contributed by atoms with Gasteiger partial charge in [-0.2, -0.15) is 0 Å². The van der Waals surface area contributed by atoms with Crippen LogP contribution in [-0.4, -0.2) is 27.8 Å². The van der Waals surface area contributed by atoms with Crippen molar-refractivity contribution in [3.05, 3.63) is 23.5 Å². The molecule has 1 heterocycles. The monoisotopic (exact) mass is 224 g/mol. The molecule has 0 aliphatic heterocycles. The normalized spacial score (nSPS) is 12.7. The molecule has 0 saturated carbocycles. The number of nitrogens with zero attached hydrogens (tertiary/aromatic N) is 1. The molecule has 0 fully saturated rings. The van der Waals surface area contributed by atoms with E-state index in [1.807, 2.05) is 6.92 Å². The molecular weight excluding hydrogens is 204 g/mol. The zero-order chi connectivity index (χ0) is 12.0. The second-order valence-corrected chi connectivity index (χ2v) is 4.07. The number of nitrogens with one attached hydrogen (secondary N) is 1. The lowest BCUT2D eigenvalue weighted by atomic mass is 10.2. The maximum atomic E-state index is 9.58. The minimum atomic E-state index is 0.222. The van der Waals surface area contributed by atoms with E-state index in [0.29, 0.717) is 18.3 Å². The smallest absolute Gasteiger partial charge is 0.138 e. The van der Waals surface area contributed by atoms with Gasteiger partial charge in [0.15, 0.2) is 0 Å². The summed E-state index contributed by atoms with van der Waals surface area (Å²) >= 11 is 0. The van der Waals surface area contributed by atoms with Crippen LogP contribution in [0, 0.1) is 6.92 Å². The summed E-state index contributed by atoms with van der Waals surface area (Å²) in [6.07, 6.45) is 1.71. The third kappa shape index (κ3) is 4.16. The molecule has 16 heavy (non-hydrogen) atoms. The van der Waals surface area contributed by atoms with E-state index in [1.165, 1.54) is 0 Å². The fourth-order valence-electron chi connectivity index (χ4n) is 1.50. The van der Waals surface area contributed by atoms with Crippen LogP contribution in [-0.2, 0) is 6.54 Å². The lowest BCUT2D eigenvalue weighted by molar-refractivity contribution is 0.276. The van der Waals surface area contributed by atoms with Crippen molar-refractivity contribution in [1.82, 2.24) is 10.3 Å². The van der Waals surface area contributed by atoms with Gasteiger partial charge < -0.3 is 15.5 Å². The highest BCUT2D eigenvalue weighted by Crippen LogP contribution is 2.14. The average Bonchev–Trinajstić information content (AvgIpc) is 2.27. The number of aromatic hydroxyl groups is 1. The molecule has 0 aliphatic carbocycles. The summed E-state index contributed by atoms with van der Waals surface area (Å²) in [4.78, 5) is 4.26. The Labute approximate surface area is 96.3 Å². The zero-order valence-corrected chi connectivity index (χ0v) is 9.90. The van der Waals surface area contributed by atoms with Gasteiger partial charge in [0.25, 0.3) is 0 Å². The first kappa shape index (κ1) is 12.9.